The number of benzene rings is 2. The summed E-state index contributed by atoms with van der Waals surface area (Å²) in [4.78, 5) is 23.0. The Morgan fingerprint density at radius 2 is 1.69 bits per heavy atom. The Kier molecular flexibility index (Phi) is 8.99. The van der Waals surface area contributed by atoms with E-state index in [1.807, 2.05) is 25.1 Å². The molecular formula is C30H33F3N2O4. The smallest absolute Gasteiger partial charge is 0.416 e. The zero-order valence-electron chi connectivity index (χ0n) is 21.8. The van der Waals surface area contributed by atoms with Crippen LogP contribution in [0.1, 0.15) is 78.7 Å². The summed E-state index contributed by atoms with van der Waals surface area (Å²) in [6.07, 6.45) is 1.64. The first-order valence-corrected chi connectivity index (χ1v) is 13.3. The van der Waals surface area contributed by atoms with E-state index in [2.05, 4.69) is 10.6 Å². The van der Waals surface area contributed by atoms with Gasteiger partial charge in [0, 0.05) is 35.3 Å². The normalized spacial score (nSPS) is 15.1. The van der Waals surface area contributed by atoms with Crippen LogP contribution in [0.25, 0.3) is 11.3 Å². The quantitative estimate of drug-likeness (QED) is 0.247. The summed E-state index contributed by atoms with van der Waals surface area (Å²) in [5.41, 5.74) is 2.14. The molecule has 3 N–H and O–H groups in total. The molecular weight excluding hydrogens is 509 g/mol. The van der Waals surface area contributed by atoms with Crippen LogP contribution in [-0.2, 0) is 17.4 Å². The van der Waals surface area contributed by atoms with Crippen LogP contribution in [0.2, 0.25) is 0 Å². The maximum atomic E-state index is 13.0. The molecule has 1 aliphatic rings. The summed E-state index contributed by atoms with van der Waals surface area (Å²) in [7, 11) is 0. The third kappa shape index (κ3) is 7.22. The van der Waals surface area contributed by atoms with Crippen molar-refractivity contribution >= 4 is 17.6 Å². The summed E-state index contributed by atoms with van der Waals surface area (Å²) in [6, 6.07) is 13.9. The number of carbonyl (C=O) groups excluding carboxylic acids is 1. The van der Waals surface area contributed by atoms with Crippen LogP contribution in [0.3, 0.4) is 0 Å². The predicted octanol–water partition coefficient (Wildman–Crippen LogP) is 7.47. The van der Waals surface area contributed by atoms with E-state index < -0.39 is 17.7 Å². The molecule has 39 heavy (non-hydrogen) atoms. The molecule has 1 aromatic heterocycles. The van der Waals surface area contributed by atoms with Crippen molar-refractivity contribution in [3.8, 4) is 11.3 Å². The molecule has 2 aromatic carbocycles. The first-order valence-electron chi connectivity index (χ1n) is 13.3. The van der Waals surface area contributed by atoms with Crippen molar-refractivity contribution in [3.05, 3.63) is 77.0 Å². The average molecular weight is 543 g/mol. The van der Waals surface area contributed by atoms with Gasteiger partial charge in [-0.1, -0.05) is 38.3 Å². The number of halogens is 3. The number of anilines is 1. The second kappa shape index (κ2) is 12.4. The van der Waals surface area contributed by atoms with E-state index >= 15 is 0 Å². The Morgan fingerprint density at radius 1 is 1.03 bits per heavy atom. The Hall–Kier alpha value is -3.75. The van der Waals surface area contributed by atoms with Crippen molar-refractivity contribution in [2.75, 3.05) is 11.9 Å². The van der Waals surface area contributed by atoms with Gasteiger partial charge in [0.25, 0.3) is 5.91 Å². The van der Waals surface area contributed by atoms with Gasteiger partial charge >= 0.3 is 12.1 Å². The lowest BCUT2D eigenvalue weighted by molar-refractivity contribution is -0.138. The Balaban J connectivity index is 1.58. The van der Waals surface area contributed by atoms with Gasteiger partial charge in [-0.15, -0.1) is 0 Å². The van der Waals surface area contributed by atoms with Crippen LogP contribution in [0.5, 0.6) is 0 Å². The van der Waals surface area contributed by atoms with Crippen molar-refractivity contribution in [2.24, 2.45) is 5.92 Å². The number of aryl methyl sites for hydroxylation is 1. The molecule has 1 heterocycles. The van der Waals surface area contributed by atoms with Crippen molar-refractivity contribution in [3.63, 3.8) is 0 Å². The third-order valence-corrected chi connectivity index (χ3v) is 7.21. The molecule has 0 radical (unpaired) electrons. The molecule has 0 saturated heterocycles. The molecule has 1 saturated carbocycles. The Labute approximate surface area is 225 Å². The molecule has 6 nitrogen and oxygen atoms in total. The van der Waals surface area contributed by atoms with Crippen LogP contribution < -0.4 is 10.6 Å². The third-order valence-electron chi connectivity index (χ3n) is 7.21. The van der Waals surface area contributed by atoms with Crippen molar-refractivity contribution < 1.29 is 32.3 Å². The zero-order valence-corrected chi connectivity index (χ0v) is 21.8. The van der Waals surface area contributed by atoms with E-state index in [1.54, 1.807) is 12.1 Å². The van der Waals surface area contributed by atoms with Crippen molar-refractivity contribution in [2.45, 2.75) is 64.1 Å². The zero-order chi connectivity index (χ0) is 28.0. The van der Waals surface area contributed by atoms with Gasteiger partial charge in [0.05, 0.1) is 18.0 Å². The first-order chi connectivity index (χ1) is 18.7. The van der Waals surface area contributed by atoms with Gasteiger partial charge in [0.1, 0.15) is 11.5 Å². The lowest BCUT2D eigenvalue weighted by Crippen LogP contribution is -2.26. The lowest BCUT2D eigenvalue weighted by Gasteiger charge is -2.32. The fourth-order valence-corrected chi connectivity index (χ4v) is 5.15. The topological polar surface area (TPSA) is 91.6 Å². The molecule has 3 aromatic rings. The number of furan rings is 1. The number of carbonyl (C=O) groups is 2. The molecule has 208 valence electrons. The van der Waals surface area contributed by atoms with E-state index in [9.17, 15) is 22.8 Å². The summed E-state index contributed by atoms with van der Waals surface area (Å²) in [5.74, 6) is 0.363. The van der Waals surface area contributed by atoms with Crippen molar-refractivity contribution in [1.29, 1.82) is 0 Å². The van der Waals surface area contributed by atoms with E-state index in [-0.39, 0.29) is 24.9 Å². The van der Waals surface area contributed by atoms with Gasteiger partial charge in [-0.05, 0) is 61.2 Å². The Morgan fingerprint density at radius 3 is 2.28 bits per heavy atom. The average Bonchev–Trinajstić information content (AvgIpc) is 3.36. The molecule has 1 aliphatic carbocycles. The maximum absolute atomic E-state index is 13.0. The second-order valence-electron chi connectivity index (χ2n) is 9.91. The van der Waals surface area contributed by atoms with Crippen LogP contribution in [0.4, 0.5) is 18.9 Å². The number of nitrogens with one attached hydrogen (secondary N) is 2. The first kappa shape index (κ1) is 28.3. The van der Waals surface area contributed by atoms with Gasteiger partial charge in [0.2, 0.25) is 0 Å². The minimum absolute atomic E-state index is 0.0550. The van der Waals surface area contributed by atoms with Gasteiger partial charge in [-0.2, -0.15) is 13.2 Å². The fraction of sp³-hybridized carbons (Fsp3) is 0.400. The lowest BCUT2D eigenvalue weighted by atomic mass is 9.80. The molecule has 4 rings (SSSR count). The van der Waals surface area contributed by atoms with Gasteiger partial charge in [-0.3, -0.25) is 9.59 Å². The minimum Gasteiger partial charge on any atom is -0.481 e. The molecule has 1 atom stereocenters. The molecule has 0 aliphatic heterocycles. The standard InChI is InChI=1S/C30H33F3N2O4/c1-2-25-24(18-26(39-25)19-8-12-22(13-9-19)30(31,32)33)28(20-6-4-3-5-7-20)35-23-14-10-21(11-15-23)29(38)34-17-16-27(36)37/h8-15,18,20,28,35H,2-7,16-17H2,1H3,(H,34,38)(H,36,37). The number of hydrogen-bond donors (Lipinski definition) is 3. The van der Waals surface area contributed by atoms with Crippen LogP contribution in [0.15, 0.2) is 59.0 Å². The minimum atomic E-state index is -4.40. The molecule has 0 spiro atoms. The van der Waals surface area contributed by atoms with E-state index in [4.69, 9.17) is 9.52 Å². The van der Waals surface area contributed by atoms with E-state index in [0.717, 1.165) is 54.8 Å². The largest absolute Gasteiger partial charge is 0.481 e. The predicted molar refractivity (Wildman–Crippen MR) is 142 cm³/mol. The van der Waals surface area contributed by atoms with E-state index in [0.29, 0.717) is 29.2 Å². The van der Waals surface area contributed by atoms with Crippen LogP contribution in [0, 0.1) is 5.92 Å². The number of carboxylic acids is 1. The molecule has 1 unspecified atom stereocenters. The number of rotatable bonds is 10. The van der Waals surface area contributed by atoms with Crippen LogP contribution in [-0.4, -0.2) is 23.5 Å². The summed E-state index contributed by atoms with van der Waals surface area (Å²) < 4.78 is 45.3. The molecule has 9 heteroatoms. The van der Waals surface area contributed by atoms with Gasteiger partial charge in [0.15, 0.2) is 0 Å². The van der Waals surface area contributed by atoms with Gasteiger partial charge < -0.3 is 20.2 Å². The SMILES string of the molecule is CCc1oc(-c2ccc(C(F)(F)F)cc2)cc1C(Nc1ccc(C(=O)NCCC(=O)O)cc1)C1CCCCC1. The highest BCUT2D eigenvalue weighted by molar-refractivity contribution is 5.94. The van der Waals surface area contributed by atoms with Gasteiger partial charge in [-0.25, -0.2) is 0 Å². The summed E-state index contributed by atoms with van der Waals surface area (Å²) >= 11 is 0. The Bertz CT molecular complexity index is 1260. The summed E-state index contributed by atoms with van der Waals surface area (Å²) in [5, 5.41) is 15.0. The number of alkyl halides is 3. The second-order valence-corrected chi connectivity index (χ2v) is 9.91. The number of amides is 1. The molecule has 1 fully saturated rings. The van der Waals surface area contributed by atoms with Crippen LogP contribution >= 0.6 is 0 Å². The van der Waals surface area contributed by atoms with Crippen molar-refractivity contribution in [1.82, 2.24) is 5.32 Å². The fourth-order valence-electron chi connectivity index (χ4n) is 5.15. The highest BCUT2D eigenvalue weighted by atomic mass is 19.4. The van der Waals surface area contributed by atoms with E-state index in [1.165, 1.54) is 18.6 Å². The molecule has 0 bridgehead atoms. The highest BCUT2D eigenvalue weighted by Gasteiger charge is 2.31. The number of carboxylic acid groups (broad SMARTS) is 1. The number of hydrogen-bond acceptors (Lipinski definition) is 4. The monoisotopic (exact) mass is 542 g/mol. The molecule has 1 amide bonds. The summed E-state index contributed by atoms with van der Waals surface area (Å²) in [6.45, 7) is 2.05. The highest BCUT2D eigenvalue weighted by Crippen LogP contribution is 2.41. The number of aliphatic carboxylic acids is 1. The maximum Gasteiger partial charge on any atom is 0.416 e.